The first-order valence-electron chi connectivity index (χ1n) is 10.8. The van der Waals surface area contributed by atoms with E-state index in [1.54, 1.807) is 0 Å². The molecule has 1 aliphatic rings. The molecule has 1 saturated heterocycles. The molecule has 0 radical (unpaired) electrons. The maximum absolute atomic E-state index is 12.8. The molecule has 0 bridgehead atoms. The highest BCUT2D eigenvalue weighted by atomic mass is 35.5. The highest BCUT2D eigenvalue weighted by Crippen LogP contribution is 2.25. The van der Waals surface area contributed by atoms with E-state index in [9.17, 15) is 4.79 Å². The number of esters is 1. The van der Waals surface area contributed by atoms with Crippen LogP contribution in [-0.4, -0.2) is 43.2 Å². The predicted molar refractivity (Wildman–Crippen MR) is 121 cm³/mol. The second-order valence-electron chi connectivity index (χ2n) is 8.50. The van der Waals surface area contributed by atoms with Gasteiger partial charge in [-0.1, -0.05) is 42.8 Å². The summed E-state index contributed by atoms with van der Waals surface area (Å²) >= 11 is 5.95. The third kappa shape index (κ3) is 6.23. The van der Waals surface area contributed by atoms with Crippen molar-refractivity contribution in [1.29, 1.82) is 0 Å². The minimum atomic E-state index is -0.988. The number of carbonyl (C=O) groups is 1. The normalized spacial score (nSPS) is 19.1. The Morgan fingerprint density at radius 3 is 2.37 bits per heavy atom. The predicted octanol–water partition coefficient (Wildman–Crippen LogP) is 5.36. The van der Waals surface area contributed by atoms with E-state index in [2.05, 4.69) is 11.9 Å². The zero-order valence-electron chi connectivity index (χ0n) is 18.2. The lowest BCUT2D eigenvalue weighted by molar-refractivity contribution is -0.163. The maximum Gasteiger partial charge on any atom is 0.350 e. The van der Waals surface area contributed by atoms with Gasteiger partial charge in [-0.2, -0.15) is 0 Å². The van der Waals surface area contributed by atoms with Gasteiger partial charge in [-0.15, -0.1) is 0 Å². The first-order chi connectivity index (χ1) is 14.4. The van der Waals surface area contributed by atoms with E-state index in [0.717, 1.165) is 37.4 Å². The zero-order valence-corrected chi connectivity index (χ0v) is 19.0. The highest BCUT2D eigenvalue weighted by molar-refractivity contribution is 6.30. The van der Waals surface area contributed by atoms with Crippen molar-refractivity contribution < 1.29 is 14.3 Å². The monoisotopic (exact) mass is 429 g/mol. The summed E-state index contributed by atoms with van der Waals surface area (Å²) in [7, 11) is 2.11. The van der Waals surface area contributed by atoms with Crippen LogP contribution in [0.2, 0.25) is 5.02 Å². The van der Waals surface area contributed by atoms with Crippen molar-refractivity contribution >= 4 is 17.6 Å². The van der Waals surface area contributed by atoms with Gasteiger partial charge in [0.2, 0.25) is 5.60 Å². The van der Waals surface area contributed by atoms with Crippen LogP contribution in [0.1, 0.15) is 44.2 Å². The minimum absolute atomic E-state index is 0.288. The summed E-state index contributed by atoms with van der Waals surface area (Å²) < 4.78 is 11.8. The van der Waals surface area contributed by atoms with Gasteiger partial charge in [-0.05, 0) is 81.6 Å². The second kappa shape index (κ2) is 10.3. The number of hydrogen-bond donors (Lipinski definition) is 0. The standard InChI is InChI=1S/C25H32ClNO3/c1-4-25(2,24(28)29-18-21-6-5-15-27(3)17-21)30-23-13-9-20(10-14-23)16-19-7-11-22(26)12-8-19/h7-14,21H,4-6,15-18H2,1-3H3/t21-,25-/m1/s1. The van der Waals surface area contributed by atoms with Crippen molar-refractivity contribution in [2.45, 2.75) is 45.1 Å². The van der Waals surface area contributed by atoms with Crippen LogP contribution in [0.4, 0.5) is 0 Å². The van der Waals surface area contributed by atoms with Crippen LogP contribution in [0, 0.1) is 5.92 Å². The first kappa shape index (κ1) is 22.6. The molecule has 2 aromatic carbocycles. The molecule has 0 amide bonds. The van der Waals surface area contributed by atoms with E-state index in [1.807, 2.05) is 62.4 Å². The Bertz CT molecular complexity index is 821. The van der Waals surface area contributed by atoms with Crippen LogP contribution in [-0.2, 0) is 16.0 Å². The molecule has 162 valence electrons. The molecule has 0 spiro atoms. The maximum atomic E-state index is 12.8. The molecular weight excluding hydrogens is 398 g/mol. The van der Waals surface area contributed by atoms with Gasteiger partial charge in [-0.25, -0.2) is 4.79 Å². The molecule has 3 rings (SSSR count). The quantitative estimate of drug-likeness (QED) is 0.529. The number of ether oxygens (including phenoxy) is 2. The first-order valence-corrected chi connectivity index (χ1v) is 11.1. The molecule has 0 aromatic heterocycles. The summed E-state index contributed by atoms with van der Waals surface area (Å²) in [4.78, 5) is 15.1. The van der Waals surface area contributed by atoms with Gasteiger partial charge in [0.25, 0.3) is 0 Å². The highest BCUT2D eigenvalue weighted by Gasteiger charge is 2.36. The van der Waals surface area contributed by atoms with Crippen molar-refractivity contribution in [1.82, 2.24) is 4.90 Å². The van der Waals surface area contributed by atoms with Gasteiger partial charge in [0.05, 0.1) is 6.61 Å². The van der Waals surface area contributed by atoms with Gasteiger partial charge < -0.3 is 14.4 Å². The van der Waals surface area contributed by atoms with Crippen LogP contribution in [0.15, 0.2) is 48.5 Å². The fraction of sp³-hybridized carbons (Fsp3) is 0.480. The van der Waals surface area contributed by atoms with Crippen LogP contribution in [0.3, 0.4) is 0 Å². The Balaban J connectivity index is 1.56. The molecular formula is C25H32ClNO3. The summed E-state index contributed by atoms with van der Waals surface area (Å²) in [6.07, 6.45) is 3.63. The lowest BCUT2D eigenvalue weighted by Gasteiger charge is -2.31. The number of likely N-dealkylation sites (tertiary alicyclic amines) is 1. The number of carbonyl (C=O) groups excluding carboxylic acids is 1. The van der Waals surface area contributed by atoms with E-state index in [-0.39, 0.29) is 5.97 Å². The summed E-state index contributed by atoms with van der Waals surface area (Å²) in [5.74, 6) is 0.790. The molecule has 2 atom stereocenters. The average Bonchev–Trinajstić information content (AvgIpc) is 2.75. The Hall–Kier alpha value is -2.04. The molecule has 5 heteroatoms. The fourth-order valence-corrected chi connectivity index (χ4v) is 3.91. The largest absolute Gasteiger partial charge is 0.476 e. The van der Waals surface area contributed by atoms with Crippen LogP contribution >= 0.6 is 11.6 Å². The SMILES string of the molecule is CC[C@@](C)(Oc1ccc(Cc2ccc(Cl)cc2)cc1)C(=O)OC[C@@H]1CCCN(C)C1. The Labute approximate surface area is 185 Å². The zero-order chi connectivity index (χ0) is 21.6. The molecule has 0 unspecified atom stereocenters. The molecule has 1 fully saturated rings. The van der Waals surface area contributed by atoms with Gasteiger partial charge in [0.15, 0.2) is 0 Å². The van der Waals surface area contributed by atoms with E-state index >= 15 is 0 Å². The van der Waals surface area contributed by atoms with E-state index in [4.69, 9.17) is 21.1 Å². The Kier molecular flexibility index (Phi) is 7.79. The number of benzene rings is 2. The third-order valence-corrected chi connectivity index (χ3v) is 6.12. The smallest absolute Gasteiger partial charge is 0.350 e. The molecule has 1 aliphatic heterocycles. The lowest BCUT2D eigenvalue weighted by atomic mass is 9.99. The number of nitrogens with zero attached hydrogens (tertiary/aromatic N) is 1. The number of rotatable bonds is 8. The number of piperidine rings is 1. The van der Waals surface area contributed by atoms with E-state index < -0.39 is 5.60 Å². The topological polar surface area (TPSA) is 38.8 Å². The lowest BCUT2D eigenvalue weighted by Crippen LogP contribution is -2.44. The van der Waals surface area contributed by atoms with Crippen LogP contribution < -0.4 is 4.74 Å². The van der Waals surface area contributed by atoms with Gasteiger partial charge in [0.1, 0.15) is 5.75 Å². The third-order valence-electron chi connectivity index (χ3n) is 5.87. The van der Waals surface area contributed by atoms with E-state index in [0.29, 0.717) is 24.7 Å². The van der Waals surface area contributed by atoms with Gasteiger partial charge in [0, 0.05) is 17.5 Å². The van der Waals surface area contributed by atoms with Crippen molar-refractivity contribution in [3.8, 4) is 5.75 Å². The van der Waals surface area contributed by atoms with E-state index in [1.165, 1.54) is 11.1 Å². The summed E-state index contributed by atoms with van der Waals surface area (Å²) in [6, 6.07) is 15.8. The molecule has 2 aromatic rings. The van der Waals surface area contributed by atoms with Crippen molar-refractivity contribution in [3.05, 3.63) is 64.7 Å². The van der Waals surface area contributed by atoms with Crippen molar-refractivity contribution in [2.75, 3.05) is 26.7 Å². The van der Waals surface area contributed by atoms with Crippen LogP contribution in [0.25, 0.3) is 0 Å². The summed E-state index contributed by atoms with van der Waals surface area (Å²) in [5.41, 5.74) is 1.38. The molecule has 1 heterocycles. The van der Waals surface area contributed by atoms with Gasteiger partial charge in [-0.3, -0.25) is 0 Å². The minimum Gasteiger partial charge on any atom is -0.476 e. The van der Waals surface area contributed by atoms with Gasteiger partial charge >= 0.3 is 5.97 Å². The average molecular weight is 430 g/mol. The van der Waals surface area contributed by atoms with Crippen molar-refractivity contribution in [3.63, 3.8) is 0 Å². The second-order valence-corrected chi connectivity index (χ2v) is 8.94. The molecule has 0 saturated carbocycles. The molecule has 4 nitrogen and oxygen atoms in total. The number of halogens is 1. The Morgan fingerprint density at radius 2 is 1.77 bits per heavy atom. The number of hydrogen-bond acceptors (Lipinski definition) is 4. The summed E-state index contributed by atoms with van der Waals surface area (Å²) in [5, 5.41) is 0.740. The molecule has 0 N–H and O–H groups in total. The summed E-state index contributed by atoms with van der Waals surface area (Å²) in [6.45, 7) is 6.32. The molecule has 0 aliphatic carbocycles. The van der Waals surface area contributed by atoms with Crippen molar-refractivity contribution in [2.24, 2.45) is 5.92 Å². The fourth-order valence-electron chi connectivity index (χ4n) is 3.79. The molecule has 30 heavy (non-hydrogen) atoms. The Morgan fingerprint density at radius 1 is 1.13 bits per heavy atom. The van der Waals surface area contributed by atoms with Crippen LogP contribution in [0.5, 0.6) is 5.75 Å².